The van der Waals surface area contributed by atoms with Gasteiger partial charge < -0.3 is 19.7 Å². The van der Waals surface area contributed by atoms with Crippen molar-refractivity contribution in [3.05, 3.63) is 47.5 Å². The second-order valence-electron chi connectivity index (χ2n) is 7.80. The summed E-state index contributed by atoms with van der Waals surface area (Å²) in [6, 6.07) is 10.8. The van der Waals surface area contributed by atoms with Gasteiger partial charge in [0.1, 0.15) is 0 Å². The Labute approximate surface area is 165 Å². The second-order valence-corrected chi connectivity index (χ2v) is 7.80. The van der Waals surface area contributed by atoms with Crippen molar-refractivity contribution in [3.8, 4) is 11.5 Å². The lowest BCUT2D eigenvalue weighted by molar-refractivity contribution is -0.125. The lowest BCUT2D eigenvalue weighted by Gasteiger charge is -2.26. The summed E-state index contributed by atoms with van der Waals surface area (Å²) in [5, 5.41) is 2.90. The molecule has 0 aliphatic carbocycles. The van der Waals surface area contributed by atoms with Gasteiger partial charge in [-0.1, -0.05) is 32.9 Å². The molecule has 28 heavy (non-hydrogen) atoms. The average Bonchev–Trinajstić information content (AvgIpc) is 3.08. The fraction of sp³-hybridized carbons (Fsp3) is 0.364. The minimum Gasteiger partial charge on any atom is -0.493 e. The fourth-order valence-electron chi connectivity index (χ4n) is 3.34. The van der Waals surface area contributed by atoms with Crippen molar-refractivity contribution in [1.29, 1.82) is 0 Å². The number of hydrogen-bond acceptors (Lipinski definition) is 4. The van der Waals surface area contributed by atoms with E-state index in [9.17, 15) is 9.59 Å². The smallest absolute Gasteiger partial charge is 0.259 e. The zero-order valence-electron chi connectivity index (χ0n) is 17.0. The Morgan fingerprint density at radius 2 is 1.82 bits per heavy atom. The van der Waals surface area contributed by atoms with Crippen LogP contribution in [0.1, 0.15) is 36.7 Å². The van der Waals surface area contributed by atoms with Crippen LogP contribution in [0.3, 0.4) is 0 Å². The number of nitrogens with one attached hydrogen (secondary N) is 1. The number of nitrogens with zero attached hydrogens (tertiary/aromatic N) is 1. The Morgan fingerprint density at radius 1 is 1.07 bits per heavy atom. The molecule has 3 rings (SSSR count). The maximum absolute atomic E-state index is 12.8. The molecule has 6 nitrogen and oxygen atoms in total. The number of carbonyl (C=O) groups is 2. The summed E-state index contributed by atoms with van der Waals surface area (Å²) >= 11 is 0. The predicted molar refractivity (Wildman–Crippen MR) is 109 cm³/mol. The van der Waals surface area contributed by atoms with E-state index in [0.717, 1.165) is 17.7 Å². The number of hydrogen-bond donors (Lipinski definition) is 1. The zero-order valence-corrected chi connectivity index (χ0v) is 17.0. The number of benzene rings is 2. The van der Waals surface area contributed by atoms with Crippen molar-refractivity contribution in [2.75, 3.05) is 31.0 Å². The van der Waals surface area contributed by atoms with Gasteiger partial charge in [-0.2, -0.15) is 0 Å². The number of methoxy groups -OCH3 is 2. The van der Waals surface area contributed by atoms with E-state index in [1.165, 1.54) is 14.2 Å². The molecule has 1 aliphatic heterocycles. The molecule has 2 amide bonds. The quantitative estimate of drug-likeness (QED) is 0.871. The van der Waals surface area contributed by atoms with Crippen LogP contribution >= 0.6 is 0 Å². The molecule has 0 spiro atoms. The number of amides is 2. The Kier molecular flexibility index (Phi) is 5.31. The molecule has 1 aliphatic rings. The fourth-order valence-corrected chi connectivity index (χ4v) is 3.34. The van der Waals surface area contributed by atoms with Gasteiger partial charge in [0.2, 0.25) is 5.91 Å². The third-order valence-electron chi connectivity index (χ3n) is 4.77. The van der Waals surface area contributed by atoms with Crippen LogP contribution in [0, 0.1) is 5.41 Å². The predicted octanol–water partition coefficient (Wildman–Crippen LogP) is 3.89. The maximum Gasteiger partial charge on any atom is 0.259 e. The van der Waals surface area contributed by atoms with E-state index < -0.39 is 5.41 Å². The molecule has 0 radical (unpaired) electrons. The monoisotopic (exact) mass is 382 g/mol. The SMILES string of the molecule is COc1cccc(C(=O)Nc2ccc3c(c2)N(C(=O)C(C)(C)C)CC3)c1OC. The van der Waals surface area contributed by atoms with Gasteiger partial charge in [-0.05, 0) is 36.2 Å². The first-order chi connectivity index (χ1) is 13.3. The molecule has 0 aromatic heterocycles. The number of fused-ring (bicyclic) bond motifs is 1. The highest BCUT2D eigenvalue weighted by atomic mass is 16.5. The van der Waals surface area contributed by atoms with Gasteiger partial charge in [0.05, 0.1) is 19.8 Å². The van der Waals surface area contributed by atoms with Crippen molar-refractivity contribution in [1.82, 2.24) is 0 Å². The van der Waals surface area contributed by atoms with E-state index >= 15 is 0 Å². The Bertz CT molecular complexity index is 915. The van der Waals surface area contributed by atoms with Gasteiger partial charge >= 0.3 is 0 Å². The largest absolute Gasteiger partial charge is 0.493 e. The van der Waals surface area contributed by atoms with Crippen LogP contribution in [0.2, 0.25) is 0 Å². The Hall–Kier alpha value is -3.02. The van der Waals surface area contributed by atoms with E-state index in [4.69, 9.17) is 9.47 Å². The number of anilines is 2. The highest BCUT2D eigenvalue weighted by molar-refractivity contribution is 6.07. The van der Waals surface area contributed by atoms with Crippen molar-refractivity contribution < 1.29 is 19.1 Å². The van der Waals surface area contributed by atoms with Crippen LogP contribution < -0.4 is 19.7 Å². The van der Waals surface area contributed by atoms with E-state index in [1.54, 1.807) is 23.1 Å². The van der Waals surface area contributed by atoms with Crippen LogP contribution in [0.25, 0.3) is 0 Å². The van der Waals surface area contributed by atoms with E-state index in [1.807, 2.05) is 39.0 Å². The summed E-state index contributed by atoms with van der Waals surface area (Å²) in [6.07, 6.45) is 0.815. The third-order valence-corrected chi connectivity index (χ3v) is 4.77. The molecule has 0 unspecified atom stereocenters. The topological polar surface area (TPSA) is 67.9 Å². The standard InChI is InChI=1S/C22H26N2O4/c1-22(2,3)21(26)24-12-11-14-9-10-15(13-17(14)24)23-20(25)16-7-6-8-18(27-4)19(16)28-5/h6-10,13H,11-12H2,1-5H3,(H,23,25). The van der Waals surface area contributed by atoms with Crippen molar-refractivity contribution in [2.24, 2.45) is 5.41 Å². The van der Waals surface area contributed by atoms with Crippen LogP contribution in [0.5, 0.6) is 11.5 Å². The molecule has 0 fully saturated rings. The zero-order chi connectivity index (χ0) is 20.5. The molecular formula is C22H26N2O4. The molecule has 0 saturated carbocycles. The van der Waals surface area contributed by atoms with E-state index in [-0.39, 0.29) is 11.8 Å². The lowest BCUT2D eigenvalue weighted by atomic mass is 9.94. The van der Waals surface area contributed by atoms with Crippen LogP contribution in [0.4, 0.5) is 11.4 Å². The van der Waals surface area contributed by atoms with E-state index in [2.05, 4.69) is 5.32 Å². The minimum atomic E-state index is -0.463. The summed E-state index contributed by atoms with van der Waals surface area (Å²) in [7, 11) is 3.03. The molecule has 2 aromatic rings. The Morgan fingerprint density at radius 3 is 2.46 bits per heavy atom. The molecule has 1 heterocycles. The summed E-state index contributed by atoms with van der Waals surface area (Å²) in [4.78, 5) is 27.4. The summed E-state index contributed by atoms with van der Waals surface area (Å²) < 4.78 is 10.6. The van der Waals surface area contributed by atoms with Crippen LogP contribution in [-0.4, -0.2) is 32.6 Å². The molecular weight excluding hydrogens is 356 g/mol. The van der Waals surface area contributed by atoms with E-state index in [0.29, 0.717) is 29.3 Å². The van der Waals surface area contributed by atoms with Gasteiger partial charge in [-0.25, -0.2) is 0 Å². The highest BCUT2D eigenvalue weighted by Crippen LogP contribution is 2.35. The van der Waals surface area contributed by atoms with Crippen LogP contribution in [-0.2, 0) is 11.2 Å². The molecule has 1 N–H and O–H groups in total. The third kappa shape index (κ3) is 3.67. The molecule has 2 aromatic carbocycles. The summed E-state index contributed by atoms with van der Waals surface area (Å²) in [5.74, 6) is 0.644. The lowest BCUT2D eigenvalue weighted by Crippen LogP contribution is -2.38. The molecule has 0 atom stereocenters. The van der Waals surface area contributed by atoms with Gasteiger partial charge in [0.25, 0.3) is 5.91 Å². The van der Waals surface area contributed by atoms with Crippen molar-refractivity contribution in [3.63, 3.8) is 0 Å². The Balaban J connectivity index is 1.88. The minimum absolute atomic E-state index is 0.0733. The van der Waals surface area contributed by atoms with Gasteiger partial charge in [-0.3, -0.25) is 9.59 Å². The van der Waals surface area contributed by atoms with Gasteiger partial charge in [-0.15, -0.1) is 0 Å². The summed E-state index contributed by atoms with van der Waals surface area (Å²) in [5.41, 5.74) is 2.51. The average molecular weight is 382 g/mol. The first-order valence-electron chi connectivity index (χ1n) is 9.23. The molecule has 0 saturated heterocycles. The normalized spacial score (nSPS) is 13.1. The van der Waals surface area contributed by atoms with Gasteiger partial charge in [0, 0.05) is 23.3 Å². The summed E-state index contributed by atoms with van der Waals surface area (Å²) in [6.45, 7) is 6.39. The molecule has 148 valence electrons. The number of ether oxygens (including phenoxy) is 2. The van der Waals surface area contributed by atoms with Gasteiger partial charge in [0.15, 0.2) is 11.5 Å². The molecule has 6 heteroatoms. The second kappa shape index (κ2) is 7.54. The number of rotatable bonds is 4. The highest BCUT2D eigenvalue weighted by Gasteiger charge is 2.32. The van der Waals surface area contributed by atoms with Crippen molar-refractivity contribution in [2.45, 2.75) is 27.2 Å². The molecule has 0 bridgehead atoms. The number of carbonyl (C=O) groups excluding carboxylic acids is 2. The number of para-hydroxylation sites is 1. The maximum atomic E-state index is 12.8. The van der Waals surface area contributed by atoms with Crippen molar-refractivity contribution >= 4 is 23.2 Å². The first kappa shape index (κ1) is 19.7. The van der Waals surface area contributed by atoms with Crippen LogP contribution in [0.15, 0.2) is 36.4 Å². The first-order valence-corrected chi connectivity index (χ1v) is 9.23.